The van der Waals surface area contributed by atoms with Crippen LogP contribution in [0.4, 0.5) is 0 Å². The molecule has 1 rings (SSSR count). The van der Waals surface area contributed by atoms with E-state index >= 15 is 0 Å². The molecule has 1 aliphatic heterocycles. The number of ether oxygens (including phenoxy) is 2. The Morgan fingerprint density at radius 2 is 1.75 bits per heavy atom. The van der Waals surface area contributed by atoms with E-state index in [9.17, 15) is 9.59 Å². The van der Waals surface area contributed by atoms with E-state index in [0.717, 1.165) is 12.2 Å². The van der Waals surface area contributed by atoms with E-state index in [4.69, 9.17) is 9.47 Å². The smallest absolute Gasteiger partial charge is 0.393 e. The molecule has 0 aliphatic carbocycles. The van der Waals surface area contributed by atoms with Crippen LogP contribution in [0.1, 0.15) is 6.42 Å². The van der Waals surface area contributed by atoms with Gasteiger partial charge >= 0.3 is 17.9 Å². The van der Waals surface area contributed by atoms with Crippen molar-refractivity contribution in [3.05, 3.63) is 25.3 Å². The fourth-order valence-electron chi connectivity index (χ4n) is 0.865. The first-order valence-electron chi connectivity index (χ1n) is 4.30. The van der Waals surface area contributed by atoms with Crippen LogP contribution in [0, 0.1) is 0 Å². The average molecular weight is 230 g/mol. The van der Waals surface area contributed by atoms with E-state index in [0.29, 0.717) is 0 Å². The Kier molecular flexibility index (Phi) is 4.18. The summed E-state index contributed by atoms with van der Waals surface area (Å²) in [5.41, 5.74) is 0. The van der Waals surface area contributed by atoms with E-state index in [2.05, 4.69) is 28.0 Å². The molecular formula is C9H10O7. The second-order valence-corrected chi connectivity index (χ2v) is 2.66. The van der Waals surface area contributed by atoms with Crippen LogP contribution in [0.25, 0.3) is 0 Å². The summed E-state index contributed by atoms with van der Waals surface area (Å²) in [5.74, 6) is -3.63. The van der Waals surface area contributed by atoms with Crippen molar-refractivity contribution < 1.29 is 33.9 Å². The first-order chi connectivity index (χ1) is 7.62. The minimum absolute atomic E-state index is 0.0227. The molecule has 0 aromatic heterocycles. The zero-order valence-corrected chi connectivity index (χ0v) is 8.34. The van der Waals surface area contributed by atoms with Gasteiger partial charge in [-0.25, -0.2) is 14.5 Å². The molecule has 88 valence electrons. The molecule has 1 heterocycles. The molecule has 7 heteroatoms. The summed E-state index contributed by atoms with van der Waals surface area (Å²) >= 11 is 0. The number of hydrogen-bond donors (Lipinski definition) is 0. The van der Waals surface area contributed by atoms with E-state index in [1.165, 1.54) is 0 Å². The van der Waals surface area contributed by atoms with Crippen molar-refractivity contribution >= 4 is 11.9 Å². The van der Waals surface area contributed by atoms with Crippen LogP contribution in [0.5, 0.6) is 0 Å². The molecule has 0 N–H and O–H groups in total. The highest BCUT2D eigenvalue weighted by Crippen LogP contribution is 2.25. The lowest BCUT2D eigenvalue weighted by molar-refractivity contribution is -0.625. The number of hydrogen-bond acceptors (Lipinski definition) is 7. The molecular weight excluding hydrogens is 220 g/mol. The van der Waals surface area contributed by atoms with Crippen LogP contribution < -0.4 is 0 Å². The Labute approximate surface area is 91.0 Å². The predicted molar refractivity (Wildman–Crippen MR) is 48.0 cm³/mol. The van der Waals surface area contributed by atoms with Gasteiger partial charge < -0.3 is 9.47 Å². The number of carbonyl (C=O) groups excluding carboxylic acids is 2. The second-order valence-electron chi connectivity index (χ2n) is 2.66. The van der Waals surface area contributed by atoms with Gasteiger partial charge in [0.1, 0.15) is 0 Å². The Bertz CT molecular complexity index is 279. The molecule has 0 radical (unpaired) electrons. The third-order valence-corrected chi connectivity index (χ3v) is 1.55. The maximum absolute atomic E-state index is 11.0. The molecule has 7 nitrogen and oxygen atoms in total. The Morgan fingerprint density at radius 3 is 2.12 bits per heavy atom. The van der Waals surface area contributed by atoms with Crippen molar-refractivity contribution in [2.24, 2.45) is 0 Å². The lowest BCUT2D eigenvalue weighted by atomic mass is 10.4. The topological polar surface area (TPSA) is 80.3 Å². The van der Waals surface area contributed by atoms with Crippen LogP contribution in [-0.4, -0.2) is 24.5 Å². The van der Waals surface area contributed by atoms with Crippen molar-refractivity contribution in [2.45, 2.75) is 12.4 Å². The van der Waals surface area contributed by atoms with Gasteiger partial charge in [0.25, 0.3) is 0 Å². The van der Waals surface area contributed by atoms with Gasteiger partial charge in [0.05, 0.1) is 13.0 Å². The van der Waals surface area contributed by atoms with Crippen molar-refractivity contribution in [1.29, 1.82) is 0 Å². The molecule has 0 unspecified atom stereocenters. The van der Waals surface area contributed by atoms with Crippen molar-refractivity contribution in [3.8, 4) is 0 Å². The van der Waals surface area contributed by atoms with Crippen LogP contribution in [-0.2, 0) is 33.9 Å². The molecule has 0 aromatic rings. The maximum atomic E-state index is 11.0. The highest BCUT2D eigenvalue weighted by molar-refractivity contribution is 5.83. The molecule has 0 bridgehead atoms. The Morgan fingerprint density at radius 1 is 1.19 bits per heavy atom. The molecule has 0 amide bonds. The molecule has 0 aromatic carbocycles. The maximum Gasteiger partial charge on any atom is 0.408 e. The Balaban J connectivity index is 2.73. The summed E-state index contributed by atoms with van der Waals surface area (Å²) < 4.78 is 9.45. The second kappa shape index (κ2) is 5.40. The highest BCUT2D eigenvalue weighted by Gasteiger charge is 2.44. The zero-order valence-electron chi connectivity index (χ0n) is 8.34. The quantitative estimate of drug-likeness (QED) is 0.299. The molecule has 1 fully saturated rings. The van der Waals surface area contributed by atoms with Crippen LogP contribution >= 0.6 is 0 Å². The number of rotatable bonds is 4. The molecule has 1 aliphatic rings. The van der Waals surface area contributed by atoms with Gasteiger partial charge in [-0.05, 0) is 0 Å². The molecule has 16 heavy (non-hydrogen) atoms. The van der Waals surface area contributed by atoms with Crippen LogP contribution in [0.3, 0.4) is 0 Å². The average Bonchev–Trinajstić information content (AvgIpc) is 2.29. The first kappa shape index (κ1) is 12.4. The zero-order chi connectivity index (χ0) is 12.0. The lowest BCUT2D eigenvalue weighted by Gasteiger charge is -2.31. The fraction of sp³-hybridized carbons (Fsp3) is 0.333. The minimum atomic E-state index is -1.96. The SMILES string of the molecule is C=CC(=O)OC1(OC(=O)C=C)CCOOO1. The fourth-order valence-corrected chi connectivity index (χ4v) is 0.865. The summed E-state index contributed by atoms with van der Waals surface area (Å²) in [6.45, 7) is 6.41. The first-order valence-corrected chi connectivity index (χ1v) is 4.30. The summed E-state index contributed by atoms with van der Waals surface area (Å²) in [5, 5.41) is 4.15. The third kappa shape index (κ3) is 3.16. The van der Waals surface area contributed by atoms with Crippen molar-refractivity contribution in [1.82, 2.24) is 0 Å². The van der Waals surface area contributed by atoms with E-state index in [-0.39, 0.29) is 13.0 Å². The standard InChI is InChI=1S/C9H10O7/c1-3-7(10)13-9(14-8(11)4-2)5-6-12-16-15-9/h3-4H,1-2,5-6H2. The third-order valence-electron chi connectivity index (χ3n) is 1.55. The van der Waals surface area contributed by atoms with Crippen molar-refractivity contribution in [2.75, 3.05) is 6.61 Å². The van der Waals surface area contributed by atoms with E-state index in [1.54, 1.807) is 0 Å². The monoisotopic (exact) mass is 230 g/mol. The van der Waals surface area contributed by atoms with Gasteiger partial charge in [0, 0.05) is 12.2 Å². The van der Waals surface area contributed by atoms with Gasteiger partial charge in [-0.15, -0.1) is 4.89 Å². The normalized spacial score (nSPS) is 18.2. The predicted octanol–water partition coefficient (Wildman–Crippen LogP) is 0.382. The summed E-state index contributed by atoms with van der Waals surface area (Å²) in [6.07, 6.45) is 1.75. The van der Waals surface area contributed by atoms with E-state index in [1.807, 2.05) is 0 Å². The van der Waals surface area contributed by atoms with Crippen LogP contribution in [0.2, 0.25) is 0 Å². The minimum Gasteiger partial charge on any atom is -0.393 e. The van der Waals surface area contributed by atoms with Crippen molar-refractivity contribution in [3.63, 3.8) is 0 Å². The molecule has 0 spiro atoms. The summed E-state index contributed by atoms with van der Waals surface area (Å²) in [4.78, 5) is 30.9. The van der Waals surface area contributed by atoms with Crippen LogP contribution in [0.15, 0.2) is 25.3 Å². The van der Waals surface area contributed by atoms with Gasteiger partial charge in [-0.3, -0.25) is 0 Å². The number of carbonyl (C=O) groups is 2. The molecule has 0 saturated carbocycles. The highest BCUT2D eigenvalue weighted by atomic mass is 17.5. The van der Waals surface area contributed by atoms with Gasteiger partial charge in [-0.2, -0.15) is 0 Å². The van der Waals surface area contributed by atoms with E-state index < -0.39 is 17.9 Å². The van der Waals surface area contributed by atoms with Gasteiger partial charge in [0.2, 0.25) is 0 Å². The molecule has 0 atom stereocenters. The largest absolute Gasteiger partial charge is 0.408 e. The Hall–Kier alpha value is -1.70. The molecule has 1 saturated heterocycles. The lowest BCUT2D eigenvalue weighted by Crippen LogP contribution is -2.45. The number of esters is 2. The van der Waals surface area contributed by atoms with Gasteiger partial charge in [-0.1, -0.05) is 18.2 Å². The summed E-state index contributed by atoms with van der Waals surface area (Å²) in [7, 11) is 0. The summed E-state index contributed by atoms with van der Waals surface area (Å²) in [6, 6.07) is 0. The van der Waals surface area contributed by atoms with Gasteiger partial charge in [0.15, 0.2) is 0 Å².